The molecule has 17 heavy (non-hydrogen) atoms. The third-order valence-electron chi connectivity index (χ3n) is 2.88. The van der Waals surface area contributed by atoms with Crippen LogP contribution in [0.5, 0.6) is 11.5 Å². The Labute approximate surface area is 103 Å². The fraction of sp³-hybridized carbons (Fsp3) is 0.538. The van der Waals surface area contributed by atoms with E-state index in [2.05, 4.69) is 18.9 Å². The maximum absolute atomic E-state index is 6.15. The number of hydrogen-bond acceptors (Lipinski definition) is 4. The minimum Gasteiger partial charge on any atom is -0.493 e. The van der Waals surface area contributed by atoms with Crippen molar-refractivity contribution in [2.45, 2.75) is 13.0 Å². The fourth-order valence-electron chi connectivity index (χ4n) is 1.65. The van der Waals surface area contributed by atoms with Crippen LogP contribution in [-0.4, -0.2) is 39.3 Å². The van der Waals surface area contributed by atoms with Crippen LogP contribution in [0.1, 0.15) is 18.5 Å². The van der Waals surface area contributed by atoms with E-state index in [1.54, 1.807) is 14.2 Å². The molecule has 0 aliphatic heterocycles. The van der Waals surface area contributed by atoms with E-state index in [-0.39, 0.29) is 6.04 Å². The van der Waals surface area contributed by atoms with Crippen molar-refractivity contribution >= 4 is 0 Å². The van der Waals surface area contributed by atoms with Gasteiger partial charge in [-0.25, -0.2) is 0 Å². The number of likely N-dealkylation sites (N-methyl/N-ethyl adjacent to an activating group) is 1. The summed E-state index contributed by atoms with van der Waals surface area (Å²) >= 11 is 0. The highest BCUT2D eigenvalue weighted by atomic mass is 16.5. The monoisotopic (exact) mass is 238 g/mol. The van der Waals surface area contributed by atoms with Crippen LogP contribution in [-0.2, 0) is 0 Å². The van der Waals surface area contributed by atoms with Gasteiger partial charge in [-0.05, 0) is 31.3 Å². The van der Waals surface area contributed by atoms with E-state index in [4.69, 9.17) is 15.2 Å². The number of ether oxygens (including phenoxy) is 2. The van der Waals surface area contributed by atoms with Gasteiger partial charge in [0.15, 0.2) is 11.5 Å². The first-order valence-electron chi connectivity index (χ1n) is 5.78. The number of nitrogens with two attached hydrogens (primary N) is 1. The number of nitrogens with zero attached hydrogens (tertiary/aromatic N) is 1. The highest BCUT2D eigenvalue weighted by molar-refractivity contribution is 5.43. The molecule has 0 aromatic heterocycles. The molecule has 96 valence electrons. The molecule has 4 nitrogen and oxygen atoms in total. The van der Waals surface area contributed by atoms with Gasteiger partial charge in [0.25, 0.3) is 0 Å². The molecule has 1 aromatic rings. The summed E-state index contributed by atoms with van der Waals surface area (Å²) in [6, 6.07) is 5.79. The van der Waals surface area contributed by atoms with Crippen molar-refractivity contribution in [1.29, 1.82) is 0 Å². The Morgan fingerprint density at radius 1 is 1.24 bits per heavy atom. The first kappa shape index (κ1) is 13.8. The zero-order valence-electron chi connectivity index (χ0n) is 11.1. The highest BCUT2D eigenvalue weighted by Gasteiger charge is 2.11. The maximum atomic E-state index is 6.15. The topological polar surface area (TPSA) is 47.7 Å². The molecule has 1 aromatic carbocycles. The first-order valence-corrected chi connectivity index (χ1v) is 5.78. The van der Waals surface area contributed by atoms with Gasteiger partial charge in [0.1, 0.15) is 0 Å². The Morgan fingerprint density at radius 2 is 1.88 bits per heavy atom. The number of methoxy groups -OCH3 is 2. The van der Waals surface area contributed by atoms with E-state index in [9.17, 15) is 0 Å². The summed E-state index contributed by atoms with van der Waals surface area (Å²) < 4.78 is 10.5. The Balaban J connectivity index is 2.84. The van der Waals surface area contributed by atoms with E-state index >= 15 is 0 Å². The number of hydrogen-bond donors (Lipinski definition) is 1. The zero-order valence-corrected chi connectivity index (χ0v) is 11.1. The standard InChI is InChI=1S/C13H22N2O2/c1-5-15(2)9-11(14)10-6-7-12(16-3)13(8-10)17-4/h6-8,11H,5,9,14H2,1-4H3. The van der Waals surface area contributed by atoms with Crippen molar-refractivity contribution in [3.05, 3.63) is 23.8 Å². The van der Waals surface area contributed by atoms with Crippen LogP contribution in [0, 0.1) is 0 Å². The molecule has 0 radical (unpaired) electrons. The summed E-state index contributed by atoms with van der Waals surface area (Å²) in [6.07, 6.45) is 0. The third-order valence-corrected chi connectivity index (χ3v) is 2.88. The van der Waals surface area contributed by atoms with Gasteiger partial charge in [-0.3, -0.25) is 0 Å². The molecule has 0 saturated carbocycles. The van der Waals surface area contributed by atoms with Gasteiger partial charge >= 0.3 is 0 Å². The second-order valence-corrected chi connectivity index (χ2v) is 4.08. The van der Waals surface area contributed by atoms with Gasteiger partial charge in [0.05, 0.1) is 14.2 Å². The van der Waals surface area contributed by atoms with Crippen LogP contribution >= 0.6 is 0 Å². The molecule has 0 saturated heterocycles. The summed E-state index contributed by atoms with van der Waals surface area (Å²) in [6.45, 7) is 3.92. The third kappa shape index (κ3) is 3.61. The molecule has 0 heterocycles. The summed E-state index contributed by atoms with van der Waals surface area (Å²) in [4.78, 5) is 2.18. The van der Waals surface area contributed by atoms with Crippen LogP contribution in [0.2, 0.25) is 0 Å². The first-order chi connectivity index (χ1) is 8.12. The van der Waals surface area contributed by atoms with E-state index in [0.717, 1.165) is 30.2 Å². The summed E-state index contributed by atoms with van der Waals surface area (Å²) in [5, 5.41) is 0. The lowest BCUT2D eigenvalue weighted by Gasteiger charge is -2.20. The van der Waals surface area contributed by atoms with Gasteiger partial charge in [0, 0.05) is 12.6 Å². The van der Waals surface area contributed by atoms with Gasteiger partial charge in [-0.1, -0.05) is 13.0 Å². The average Bonchev–Trinajstić information content (AvgIpc) is 2.37. The second kappa shape index (κ2) is 6.47. The van der Waals surface area contributed by atoms with E-state index < -0.39 is 0 Å². The number of rotatable bonds is 6. The van der Waals surface area contributed by atoms with E-state index in [1.165, 1.54) is 0 Å². The molecule has 0 aliphatic carbocycles. The summed E-state index contributed by atoms with van der Waals surface area (Å²) in [5.74, 6) is 1.45. The van der Waals surface area contributed by atoms with Gasteiger partial charge in [-0.15, -0.1) is 0 Å². The molecule has 1 unspecified atom stereocenters. The molecule has 0 spiro atoms. The normalized spacial score (nSPS) is 12.6. The average molecular weight is 238 g/mol. The van der Waals surface area contributed by atoms with Crippen LogP contribution in [0.3, 0.4) is 0 Å². The molecule has 1 rings (SSSR count). The van der Waals surface area contributed by atoms with Crippen molar-refractivity contribution in [1.82, 2.24) is 4.90 Å². The lowest BCUT2D eigenvalue weighted by molar-refractivity contribution is 0.327. The molecule has 1 atom stereocenters. The second-order valence-electron chi connectivity index (χ2n) is 4.08. The maximum Gasteiger partial charge on any atom is 0.161 e. The lowest BCUT2D eigenvalue weighted by atomic mass is 10.1. The SMILES string of the molecule is CCN(C)CC(N)c1ccc(OC)c(OC)c1. The van der Waals surface area contributed by atoms with Gasteiger partial charge in [-0.2, -0.15) is 0 Å². The van der Waals surface area contributed by atoms with Crippen molar-refractivity contribution in [2.75, 3.05) is 34.4 Å². The molecule has 0 amide bonds. The Kier molecular flexibility index (Phi) is 5.25. The van der Waals surface area contributed by atoms with Crippen molar-refractivity contribution in [3.63, 3.8) is 0 Å². The Morgan fingerprint density at radius 3 is 2.41 bits per heavy atom. The summed E-state index contributed by atoms with van der Waals surface area (Å²) in [7, 11) is 5.31. The molecular weight excluding hydrogens is 216 g/mol. The predicted molar refractivity (Wildman–Crippen MR) is 69.6 cm³/mol. The quantitative estimate of drug-likeness (QED) is 0.818. The van der Waals surface area contributed by atoms with Gasteiger partial charge < -0.3 is 20.1 Å². The minimum atomic E-state index is -0.0141. The zero-order chi connectivity index (χ0) is 12.8. The highest BCUT2D eigenvalue weighted by Crippen LogP contribution is 2.29. The number of benzene rings is 1. The van der Waals surface area contributed by atoms with Crippen LogP contribution in [0.15, 0.2) is 18.2 Å². The minimum absolute atomic E-state index is 0.0141. The van der Waals surface area contributed by atoms with E-state index in [1.807, 2.05) is 18.2 Å². The van der Waals surface area contributed by atoms with Crippen LogP contribution in [0.25, 0.3) is 0 Å². The molecule has 0 fully saturated rings. The van der Waals surface area contributed by atoms with E-state index in [0.29, 0.717) is 0 Å². The van der Waals surface area contributed by atoms with Crippen LogP contribution < -0.4 is 15.2 Å². The van der Waals surface area contributed by atoms with Gasteiger partial charge in [0.2, 0.25) is 0 Å². The predicted octanol–water partition coefficient (Wildman–Crippen LogP) is 1.66. The van der Waals surface area contributed by atoms with Crippen molar-refractivity contribution < 1.29 is 9.47 Å². The molecule has 0 aliphatic rings. The molecule has 4 heteroatoms. The Bertz CT molecular complexity index is 355. The smallest absolute Gasteiger partial charge is 0.161 e. The lowest BCUT2D eigenvalue weighted by Crippen LogP contribution is -2.28. The summed E-state index contributed by atoms with van der Waals surface area (Å²) in [5.41, 5.74) is 7.21. The fourth-order valence-corrected chi connectivity index (χ4v) is 1.65. The van der Waals surface area contributed by atoms with Crippen molar-refractivity contribution in [2.24, 2.45) is 5.73 Å². The molecule has 0 bridgehead atoms. The molecule has 2 N–H and O–H groups in total. The largest absolute Gasteiger partial charge is 0.493 e. The van der Waals surface area contributed by atoms with Crippen LogP contribution in [0.4, 0.5) is 0 Å². The molecular formula is C13H22N2O2. The Hall–Kier alpha value is -1.26. The van der Waals surface area contributed by atoms with Crippen molar-refractivity contribution in [3.8, 4) is 11.5 Å².